The monoisotopic (exact) mass is 441 g/mol. The summed E-state index contributed by atoms with van der Waals surface area (Å²) < 4.78 is 14.0. The summed E-state index contributed by atoms with van der Waals surface area (Å²) in [4.78, 5) is 1.14. The minimum atomic E-state index is -0.00989. The minimum Gasteiger partial charge on any atom is -0.493 e. The second-order valence-corrected chi connectivity index (χ2v) is 9.86. The van der Waals surface area contributed by atoms with E-state index in [2.05, 4.69) is 48.5 Å². The van der Waals surface area contributed by atoms with Gasteiger partial charge in [-0.25, -0.2) is 0 Å². The SMILES string of the molecule is CCCc1ccc2c(c1)CCC(C)N2Sc1ccc(OCC2CCOCC2)c(CO)c1. The van der Waals surface area contributed by atoms with Crippen molar-refractivity contribution in [1.82, 2.24) is 0 Å². The molecule has 4 nitrogen and oxygen atoms in total. The Balaban J connectivity index is 1.47. The molecule has 2 aromatic rings. The zero-order valence-electron chi connectivity index (χ0n) is 18.8. The predicted molar refractivity (Wildman–Crippen MR) is 128 cm³/mol. The number of aryl methyl sites for hydroxylation is 2. The van der Waals surface area contributed by atoms with Gasteiger partial charge in [0, 0.05) is 29.7 Å². The molecule has 2 aliphatic heterocycles. The van der Waals surface area contributed by atoms with Crippen molar-refractivity contribution >= 4 is 17.6 Å². The van der Waals surface area contributed by atoms with Gasteiger partial charge in [0.1, 0.15) is 5.75 Å². The van der Waals surface area contributed by atoms with Gasteiger partial charge < -0.3 is 18.9 Å². The molecule has 0 saturated carbocycles. The average Bonchev–Trinajstić information content (AvgIpc) is 2.81. The number of anilines is 1. The topological polar surface area (TPSA) is 41.9 Å². The third-order valence-electron chi connectivity index (χ3n) is 6.37. The Morgan fingerprint density at radius 1 is 1.13 bits per heavy atom. The highest BCUT2D eigenvalue weighted by atomic mass is 32.2. The molecule has 4 rings (SSSR count). The summed E-state index contributed by atoms with van der Waals surface area (Å²) in [7, 11) is 0. The van der Waals surface area contributed by atoms with Gasteiger partial charge in [-0.05, 0) is 92.3 Å². The fourth-order valence-corrected chi connectivity index (χ4v) is 5.58. The number of ether oxygens (including phenoxy) is 2. The lowest BCUT2D eigenvalue weighted by Crippen LogP contribution is -2.31. The maximum atomic E-state index is 9.95. The van der Waals surface area contributed by atoms with Crippen molar-refractivity contribution in [2.45, 2.75) is 69.9 Å². The van der Waals surface area contributed by atoms with Crippen LogP contribution in [0, 0.1) is 5.92 Å². The molecule has 0 radical (unpaired) electrons. The number of hydrogen-bond donors (Lipinski definition) is 1. The van der Waals surface area contributed by atoms with Crippen molar-refractivity contribution in [3.63, 3.8) is 0 Å². The first-order chi connectivity index (χ1) is 15.2. The molecule has 5 heteroatoms. The summed E-state index contributed by atoms with van der Waals surface area (Å²) in [5.74, 6) is 1.34. The maximum absolute atomic E-state index is 9.95. The first-order valence-electron chi connectivity index (χ1n) is 11.7. The normalized spacial score (nSPS) is 19.3. The Morgan fingerprint density at radius 2 is 1.97 bits per heavy atom. The first-order valence-corrected chi connectivity index (χ1v) is 12.5. The van der Waals surface area contributed by atoms with E-state index in [9.17, 15) is 5.11 Å². The van der Waals surface area contributed by atoms with Gasteiger partial charge >= 0.3 is 0 Å². The van der Waals surface area contributed by atoms with Crippen LogP contribution in [-0.4, -0.2) is 31.0 Å². The average molecular weight is 442 g/mol. The van der Waals surface area contributed by atoms with Crippen LogP contribution in [0.25, 0.3) is 0 Å². The molecule has 1 fully saturated rings. The first kappa shape index (κ1) is 22.5. The summed E-state index contributed by atoms with van der Waals surface area (Å²) in [6.07, 6.45) is 6.73. The Bertz CT molecular complexity index is 866. The molecule has 0 amide bonds. The van der Waals surface area contributed by atoms with Gasteiger partial charge in [-0.1, -0.05) is 25.5 Å². The fraction of sp³-hybridized carbons (Fsp3) is 0.538. The fourth-order valence-electron chi connectivity index (χ4n) is 4.47. The molecule has 31 heavy (non-hydrogen) atoms. The zero-order valence-corrected chi connectivity index (χ0v) is 19.6. The van der Waals surface area contributed by atoms with E-state index in [1.54, 1.807) is 11.9 Å². The lowest BCUT2D eigenvalue weighted by Gasteiger charge is -2.36. The summed E-state index contributed by atoms with van der Waals surface area (Å²) >= 11 is 1.77. The van der Waals surface area contributed by atoms with Crippen molar-refractivity contribution in [3.8, 4) is 5.75 Å². The lowest BCUT2D eigenvalue weighted by atomic mass is 9.96. The van der Waals surface area contributed by atoms with Crippen molar-refractivity contribution < 1.29 is 14.6 Å². The molecular weight excluding hydrogens is 406 g/mol. The number of aliphatic hydroxyl groups excluding tert-OH is 1. The Kier molecular flexibility index (Phi) is 7.81. The molecule has 0 aliphatic carbocycles. The number of rotatable bonds is 8. The van der Waals surface area contributed by atoms with Gasteiger partial charge in [-0.2, -0.15) is 0 Å². The highest BCUT2D eigenvalue weighted by molar-refractivity contribution is 8.00. The molecule has 168 valence electrons. The minimum absolute atomic E-state index is 0.00989. The highest BCUT2D eigenvalue weighted by Gasteiger charge is 2.25. The molecule has 1 N–H and O–H groups in total. The third-order valence-corrected chi connectivity index (χ3v) is 7.59. The molecule has 0 spiro atoms. The summed E-state index contributed by atoms with van der Waals surface area (Å²) in [5.41, 5.74) is 5.08. The number of aliphatic hydroxyl groups is 1. The van der Waals surface area contributed by atoms with Crippen LogP contribution >= 0.6 is 11.9 Å². The second kappa shape index (κ2) is 10.8. The lowest BCUT2D eigenvalue weighted by molar-refractivity contribution is 0.0494. The standard InChI is InChI=1S/C26H35NO3S/c1-3-4-20-6-9-25-22(15-20)7-5-19(2)27(25)31-24-8-10-26(23(16-24)17-28)30-18-21-11-13-29-14-12-21/h6,8-10,15-16,19,21,28H,3-5,7,11-14,17-18H2,1-2H3. The van der Waals surface area contributed by atoms with Gasteiger partial charge in [0.05, 0.1) is 18.9 Å². The Hall–Kier alpha value is -1.69. The van der Waals surface area contributed by atoms with Gasteiger partial charge in [-0.3, -0.25) is 0 Å². The number of hydrogen-bond acceptors (Lipinski definition) is 5. The van der Waals surface area contributed by atoms with E-state index < -0.39 is 0 Å². The largest absolute Gasteiger partial charge is 0.493 e. The predicted octanol–water partition coefficient (Wildman–Crippen LogP) is 5.79. The summed E-state index contributed by atoms with van der Waals surface area (Å²) in [5, 5.41) is 9.95. The van der Waals surface area contributed by atoms with Crippen LogP contribution in [0.5, 0.6) is 5.75 Å². The molecule has 1 atom stereocenters. The quantitative estimate of drug-likeness (QED) is 0.526. The van der Waals surface area contributed by atoms with Crippen LogP contribution in [0.1, 0.15) is 56.2 Å². The molecule has 2 aromatic carbocycles. The van der Waals surface area contributed by atoms with Crippen LogP contribution in [-0.2, 0) is 24.2 Å². The summed E-state index contributed by atoms with van der Waals surface area (Å²) in [6.45, 7) is 6.87. The molecule has 1 saturated heterocycles. The summed E-state index contributed by atoms with van der Waals surface area (Å²) in [6, 6.07) is 13.7. The van der Waals surface area contributed by atoms with E-state index in [1.807, 2.05) is 6.07 Å². The molecule has 2 heterocycles. The molecular formula is C26H35NO3S. The molecule has 0 aromatic heterocycles. The van der Waals surface area contributed by atoms with Gasteiger partial charge in [0.25, 0.3) is 0 Å². The third kappa shape index (κ3) is 5.57. The highest BCUT2D eigenvalue weighted by Crippen LogP contribution is 2.40. The van der Waals surface area contributed by atoms with Crippen molar-refractivity contribution in [2.24, 2.45) is 5.92 Å². The van der Waals surface area contributed by atoms with E-state index in [1.165, 1.54) is 23.2 Å². The van der Waals surface area contributed by atoms with Gasteiger partial charge in [0.15, 0.2) is 0 Å². The second-order valence-electron chi connectivity index (χ2n) is 8.81. The van der Waals surface area contributed by atoms with Crippen molar-refractivity contribution in [1.29, 1.82) is 0 Å². The van der Waals surface area contributed by atoms with E-state index >= 15 is 0 Å². The van der Waals surface area contributed by atoms with Crippen molar-refractivity contribution in [3.05, 3.63) is 53.1 Å². The zero-order chi connectivity index (χ0) is 21.6. The van der Waals surface area contributed by atoms with E-state index in [0.29, 0.717) is 18.6 Å². The molecule has 0 bridgehead atoms. The van der Waals surface area contributed by atoms with Crippen molar-refractivity contribution in [2.75, 3.05) is 24.1 Å². The maximum Gasteiger partial charge on any atom is 0.124 e. The number of nitrogens with zero attached hydrogens (tertiary/aromatic N) is 1. The Morgan fingerprint density at radius 3 is 2.74 bits per heavy atom. The van der Waals surface area contributed by atoms with Gasteiger partial charge in [0.2, 0.25) is 0 Å². The van der Waals surface area contributed by atoms with Gasteiger partial charge in [-0.15, -0.1) is 0 Å². The van der Waals surface area contributed by atoms with E-state index in [-0.39, 0.29) is 6.61 Å². The number of benzene rings is 2. The van der Waals surface area contributed by atoms with Crippen LogP contribution in [0.2, 0.25) is 0 Å². The van der Waals surface area contributed by atoms with Crippen LogP contribution in [0.4, 0.5) is 5.69 Å². The van der Waals surface area contributed by atoms with Crippen LogP contribution < -0.4 is 9.04 Å². The van der Waals surface area contributed by atoms with E-state index in [0.717, 1.165) is 61.5 Å². The van der Waals surface area contributed by atoms with E-state index in [4.69, 9.17) is 9.47 Å². The number of fused-ring (bicyclic) bond motifs is 1. The smallest absolute Gasteiger partial charge is 0.124 e. The molecule has 1 unspecified atom stereocenters. The van der Waals surface area contributed by atoms with Crippen LogP contribution in [0.3, 0.4) is 0 Å². The van der Waals surface area contributed by atoms with Crippen LogP contribution in [0.15, 0.2) is 41.3 Å². The Labute approximate surface area is 191 Å². The molecule has 2 aliphatic rings.